The zero-order chi connectivity index (χ0) is 18.1. The zero-order valence-electron chi connectivity index (χ0n) is 14.9. The smallest absolute Gasteiger partial charge is 0.0949 e. The van der Waals surface area contributed by atoms with Gasteiger partial charge in [-0.05, 0) is 48.9 Å². The van der Waals surface area contributed by atoms with Gasteiger partial charge in [0.15, 0.2) is 0 Å². The molecule has 4 aromatic heterocycles. The number of rotatable bonds is 4. The fourth-order valence-electron chi connectivity index (χ4n) is 3.84. The summed E-state index contributed by atoms with van der Waals surface area (Å²) in [4.78, 5) is 11.0. The van der Waals surface area contributed by atoms with Crippen molar-refractivity contribution < 1.29 is 0 Å². The maximum atomic E-state index is 4.51. The van der Waals surface area contributed by atoms with Gasteiger partial charge in [-0.3, -0.25) is 14.9 Å². The van der Waals surface area contributed by atoms with Crippen LogP contribution < -0.4 is 0 Å². The van der Waals surface area contributed by atoms with Crippen molar-refractivity contribution in [1.29, 1.82) is 0 Å². The van der Waals surface area contributed by atoms with Gasteiger partial charge in [0.1, 0.15) is 0 Å². The Hall–Kier alpha value is -3.12. The molecule has 0 amide bonds. The van der Waals surface area contributed by atoms with Crippen LogP contribution in [0.15, 0.2) is 67.3 Å². The van der Waals surface area contributed by atoms with E-state index in [1.807, 2.05) is 41.2 Å². The molecule has 5 rings (SSSR count). The molecule has 6 nitrogen and oxygen atoms in total. The Bertz CT molecular complexity index is 1040. The fraction of sp³-hybridized carbons (Fsp3) is 0.238. The van der Waals surface area contributed by atoms with Crippen molar-refractivity contribution in [2.45, 2.75) is 18.9 Å². The second-order valence-electron chi connectivity index (χ2n) is 7.00. The number of nitrogens with zero attached hydrogens (tertiary/aromatic N) is 6. The van der Waals surface area contributed by atoms with Crippen LogP contribution in [-0.2, 0) is 6.54 Å². The van der Waals surface area contributed by atoms with Crippen LogP contribution in [0.2, 0.25) is 0 Å². The van der Waals surface area contributed by atoms with Crippen molar-refractivity contribution in [3.63, 3.8) is 0 Å². The molecule has 1 aliphatic rings. The molecule has 0 N–H and O–H groups in total. The predicted octanol–water partition coefficient (Wildman–Crippen LogP) is 3.18. The van der Waals surface area contributed by atoms with Gasteiger partial charge in [-0.15, -0.1) is 5.10 Å². The number of fused-ring (bicyclic) bond motifs is 1. The number of pyridine rings is 3. The van der Waals surface area contributed by atoms with Gasteiger partial charge in [-0.25, -0.2) is 4.52 Å². The van der Waals surface area contributed by atoms with Gasteiger partial charge in [0.2, 0.25) is 0 Å². The van der Waals surface area contributed by atoms with Gasteiger partial charge in [-0.2, -0.15) is 0 Å². The average Bonchev–Trinajstić information content (AvgIpc) is 3.35. The molecular formula is C21H20N6. The Morgan fingerprint density at radius 1 is 0.963 bits per heavy atom. The maximum absolute atomic E-state index is 4.51. The fourth-order valence-corrected chi connectivity index (χ4v) is 3.84. The molecule has 1 atom stereocenters. The molecule has 1 saturated heterocycles. The van der Waals surface area contributed by atoms with Crippen molar-refractivity contribution >= 4 is 5.52 Å². The van der Waals surface area contributed by atoms with Crippen LogP contribution in [0.25, 0.3) is 16.6 Å². The Balaban J connectivity index is 1.36. The molecule has 134 valence electrons. The quantitative estimate of drug-likeness (QED) is 0.562. The molecule has 0 unspecified atom stereocenters. The lowest BCUT2D eigenvalue weighted by Gasteiger charge is -2.14. The third-order valence-corrected chi connectivity index (χ3v) is 5.22. The molecule has 1 aliphatic heterocycles. The Labute approximate surface area is 157 Å². The maximum Gasteiger partial charge on any atom is 0.0949 e. The highest BCUT2D eigenvalue weighted by atomic mass is 15.4. The topological polar surface area (TPSA) is 59.2 Å². The third-order valence-electron chi connectivity index (χ3n) is 5.22. The first-order chi connectivity index (χ1) is 13.4. The Kier molecular flexibility index (Phi) is 4.10. The first kappa shape index (κ1) is 16.1. The van der Waals surface area contributed by atoms with E-state index in [0.717, 1.165) is 54.1 Å². The molecule has 0 radical (unpaired) electrons. The van der Waals surface area contributed by atoms with E-state index >= 15 is 0 Å². The van der Waals surface area contributed by atoms with Crippen molar-refractivity contribution in [2.24, 2.45) is 0 Å². The lowest BCUT2D eigenvalue weighted by Crippen LogP contribution is -2.20. The molecule has 0 spiro atoms. The van der Waals surface area contributed by atoms with Crippen LogP contribution in [-0.4, -0.2) is 42.8 Å². The minimum Gasteiger partial charge on any atom is -0.297 e. The van der Waals surface area contributed by atoms with Gasteiger partial charge in [0.25, 0.3) is 0 Å². The van der Waals surface area contributed by atoms with E-state index < -0.39 is 0 Å². The number of hydrogen-bond acceptors (Lipinski definition) is 5. The van der Waals surface area contributed by atoms with E-state index in [2.05, 4.69) is 43.4 Å². The Morgan fingerprint density at radius 3 is 2.74 bits per heavy atom. The van der Waals surface area contributed by atoms with Gasteiger partial charge in [-0.1, -0.05) is 17.3 Å². The van der Waals surface area contributed by atoms with Crippen LogP contribution in [0.4, 0.5) is 0 Å². The zero-order valence-corrected chi connectivity index (χ0v) is 14.9. The lowest BCUT2D eigenvalue weighted by molar-refractivity contribution is 0.322. The first-order valence-corrected chi connectivity index (χ1v) is 9.24. The summed E-state index contributed by atoms with van der Waals surface area (Å²) >= 11 is 0. The van der Waals surface area contributed by atoms with Crippen molar-refractivity contribution in [1.82, 2.24) is 29.7 Å². The molecule has 0 bridgehead atoms. The molecule has 0 aromatic carbocycles. The highest BCUT2D eigenvalue weighted by Gasteiger charge is 2.27. The molecule has 0 saturated carbocycles. The molecule has 0 aliphatic carbocycles. The second kappa shape index (κ2) is 6.89. The van der Waals surface area contributed by atoms with Crippen molar-refractivity contribution in [3.05, 3.63) is 78.6 Å². The van der Waals surface area contributed by atoms with Crippen LogP contribution in [0, 0.1) is 0 Å². The highest BCUT2D eigenvalue weighted by molar-refractivity contribution is 5.65. The van der Waals surface area contributed by atoms with Crippen LogP contribution in [0.1, 0.15) is 23.7 Å². The Morgan fingerprint density at radius 2 is 1.89 bits per heavy atom. The summed E-state index contributed by atoms with van der Waals surface area (Å²) in [7, 11) is 0. The van der Waals surface area contributed by atoms with E-state index in [4.69, 9.17) is 0 Å². The van der Waals surface area contributed by atoms with Crippen molar-refractivity contribution in [3.8, 4) is 11.1 Å². The minimum absolute atomic E-state index is 0.415. The lowest BCUT2D eigenvalue weighted by atomic mass is 10.0. The summed E-state index contributed by atoms with van der Waals surface area (Å²) in [5.41, 5.74) is 5.56. The van der Waals surface area contributed by atoms with E-state index in [9.17, 15) is 0 Å². The molecule has 1 fully saturated rings. The molecular weight excluding hydrogens is 336 g/mol. The third kappa shape index (κ3) is 3.19. The summed E-state index contributed by atoms with van der Waals surface area (Å²) < 4.78 is 1.90. The molecule has 27 heavy (non-hydrogen) atoms. The SMILES string of the molecule is c1ccc(CN2CC[C@H](c3nnn4cc(-c5ccncc5)ccc34)C2)nc1. The summed E-state index contributed by atoms with van der Waals surface area (Å²) in [5, 5.41) is 8.89. The first-order valence-electron chi connectivity index (χ1n) is 9.24. The van der Waals surface area contributed by atoms with E-state index in [1.165, 1.54) is 0 Å². The molecule has 4 aromatic rings. The summed E-state index contributed by atoms with van der Waals surface area (Å²) in [6, 6.07) is 14.4. The van der Waals surface area contributed by atoms with E-state index in [0.29, 0.717) is 5.92 Å². The van der Waals surface area contributed by atoms with Crippen LogP contribution in [0.3, 0.4) is 0 Å². The molecule has 5 heterocycles. The monoisotopic (exact) mass is 356 g/mol. The second-order valence-corrected chi connectivity index (χ2v) is 7.00. The summed E-state index contributed by atoms with van der Waals surface area (Å²) in [5.74, 6) is 0.415. The average molecular weight is 356 g/mol. The normalized spacial score (nSPS) is 17.6. The van der Waals surface area contributed by atoms with Gasteiger partial charge in [0.05, 0.1) is 16.9 Å². The van der Waals surface area contributed by atoms with Gasteiger partial charge >= 0.3 is 0 Å². The van der Waals surface area contributed by atoms with Crippen molar-refractivity contribution in [2.75, 3.05) is 13.1 Å². The molecule has 6 heteroatoms. The van der Waals surface area contributed by atoms with Gasteiger partial charge < -0.3 is 0 Å². The van der Waals surface area contributed by atoms with Gasteiger partial charge in [0, 0.05) is 49.4 Å². The minimum atomic E-state index is 0.415. The van der Waals surface area contributed by atoms with E-state index in [1.54, 1.807) is 12.4 Å². The standard InChI is InChI=1S/C21H20N6/c1-2-9-23-19(3-1)15-26-12-8-18(13-26)21-20-5-4-17(14-27(20)25-24-21)16-6-10-22-11-7-16/h1-7,9-11,14,18H,8,12-13,15H2/t18-/m0/s1. The largest absolute Gasteiger partial charge is 0.297 e. The predicted molar refractivity (Wildman–Crippen MR) is 103 cm³/mol. The van der Waals surface area contributed by atoms with E-state index in [-0.39, 0.29) is 0 Å². The highest BCUT2D eigenvalue weighted by Crippen LogP contribution is 2.30. The number of aromatic nitrogens is 5. The summed E-state index contributed by atoms with van der Waals surface area (Å²) in [6.45, 7) is 2.95. The number of hydrogen-bond donors (Lipinski definition) is 0. The number of likely N-dealkylation sites (tertiary alicyclic amines) is 1. The summed E-state index contributed by atoms with van der Waals surface area (Å²) in [6.07, 6.45) is 8.62. The van der Waals surface area contributed by atoms with Crippen LogP contribution >= 0.6 is 0 Å². The van der Waals surface area contributed by atoms with Crippen LogP contribution in [0.5, 0.6) is 0 Å².